The fourth-order valence-electron chi connectivity index (χ4n) is 2.39. The third kappa shape index (κ3) is 4.80. The smallest absolute Gasteiger partial charge is 0.231 e. The predicted molar refractivity (Wildman–Crippen MR) is 103 cm³/mol. The Bertz CT molecular complexity index is 864. The molecule has 0 aliphatic carbocycles. The molecule has 3 rings (SSSR count). The zero-order valence-electron chi connectivity index (χ0n) is 14.0. The van der Waals surface area contributed by atoms with Crippen molar-refractivity contribution < 1.29 is 9.18 Å². The van der Waals surface area contributed by atoms with E-state index >= 15 is 0 Å². The maximum Gasteiger partial charge on any atom is 0.231 e. The van der Waals surface area contributed by atoms with E-state index in [-0.39, 0.29) is 23.5 Å². The summed E-state index contributed by atoms with van der Waals surface area (Å²) in [5.74, 6) is 0.0609. The second-order valence-electron chi connectivity index (χ2n) is 5.57. The van der Waals surface area contributed by atoms with E-state index in [1.165, 1.54) is 35.2 Å². The lowest BCUT2D eigenvalue weighted by molar-refractivity contribution is -0.119. The van der Waals surface area contributed by atoms with Gasteiger partial charge >= 0.3 is 0 Å². The molecule has 8 heteroatoms. The van der Waals surface area contributed by atoms with Gasteiger partial charge < -0.3 is 11.1 Å². The summed E-state index contributed by atoms with van der Waals surface area (Å²) in [5, 5.41) is 5.40. The average molecular weight is 388 g/mol. The lowest BCUT2D eigenvalue weighted by Gasteiger charge is -2.18. The molecule has 1 atom stereocenters. The molecule has 0 fully saturated rings. The summed E-state index contributed by atoms with van der Waals surface area (Å²) in [7, 11) is 0. The number of nitrogens with zero attached hydrogens (tertiary/aromatic N) is 2. The summed E-state index contributed by atoms with van der Waals surface area (Å²) in [5.41, 5.74) is 7.28. The number of aromatic nitrogens is 2. The van der Waals surface area contributed by atoms with Crippen molar-refractivity contribution in [2.75, 3.05) is 11.5 Å². The van der Waals surface area contributed by atoms with Crippen molar-refractivity contribution in [2.45, 2.75) is 18.1 Å². The highest BCUT2D eigenvalue weighted by Crippen LogP contribution is 2.26. The molecule has 0 aliphatic heterocycles. The molecule has 3 aromatic rings. The van der Waals surface area contributed by atoms with Gasteiger partial charge in [0.1, 0.15) is 11.6 Å². The van der Waals surface area contributed by atoms with Crippen molar-refractivity contribution in [2.24, 2.45) is 0 Å². The minimum absolute atomic E-state index is 0.159. The Morgan fingerprint density at radius 2 is 2.08 bits per heavy atom. The van der Waals surface area contributed by atoms with E-state index in [9.17, 15) is 9.18 Å². The topological polar surface area (TPSA) is 80.9 Å². The minimum atomic E-state index is -0.327. The van der Waals surface area contributed by atoms with E-state index in [1.54, 1.807) is 18.2 Å². The molecule has 0 saturated heterocycles. The number of hydrogen-bond donors (Lipinski definition) is 2. The number of aryl methyl sites for hydroxylation is 1. The van der Waals surface area contributed by atoms with Crippen LogP contribution in [0, 0.1) is 12.7 Å². The van der Waals surface area contributed by atoms with E-state index in [1.807, 2.05) is 24.4 Å². The second-order valence-corrected chi connectivity index (χ2v) is 7.49. The van der Waals surface area contributed by atoms with Crippen LogP contribution in [0.15, 0.2) is 53.0 Å². The van der Waals surface area contributed by atoms with Crippen LogP contribution in [-0.2, 0) is 4.79 Å². The lowest BCUT2D eigenvalue weighted by Crippen LogP contribution is -2.30. The lowest BCUT2D eigenvalue weighted by atomic mass is 10.1. The molecule has 2 aromatic heterocycles. The van der Waals surface area contributed by atoms with Gasteiger partial charge in [0.2, 0.25) is 5.91 Å². The molecule has 1 amide bonds. The van der Waals surface area contributed by atoms with Crippen molar-refractivity contribution in [3.8, 4) is 0 Å². The van der Waals surface area contributed by atoms with Gasteiger partial charge in [-0.3, -0.25) is 4.79 Å². The third-order valence-electron chi connectivity index (χ3n) is 3.52. The Morgan fingerprint density at radius 3 is 2.73 bits per heavy atom. The van der Waals surface area contributed by atoms with Crippen LogP contribution in [-0.4, -0.2) is 21.6 Å². The molecule has 134 valence electrons. The van der Waals surface area contributed by atoms with Crippen molar-refractivity contribution in [3.63, 3.8) is 0 Å². The molecule has 0 bridgehead atoms. The fourth-order valence-corrected chi connectivity index (χ4v) is 3.92. The summed E-state index contributed by atoms with van der Waals surface area (Å²) < 4.78 is 13.2. The molecule has 0 radical (unpaired) electrons. The van der Waals surface area contributed by atoms with Gasteiger partial charge in [-0.15, -0.1) is 11.3 Å². The Kier molecular flexibility index (Phi) is 5.85. The molecule has 0 unspecified atom stereocenters. The van der Waals surface area contributed by atoms with Crippen LogP contribution in [0.1, 0.15) is 22.2 Å². The second kappa shape index (κ2) is 8.29. The molecule has 3 N–H and O–H groups in total. The quantitative estimate of drug-likeness (QED) is 0.498. The zero-order chi connectivity index (χ0) is 18.5. The Morgan fingerprint density at radius 1 is 1.31 bits per heavy atom. The number of halogens is 1. The number of nitrogens with one attached hydrogen (secondary N) is 1. The number of rotatable bonds is 6. The summed E-state index contributed by atoms with van der Waals surface area (Å²) >= 11 is 2.76. The fraction of sp³-hybridized carbons (Fsp3) is 0.167. The number of amides is 1. The third-order valence-corrected chi connectivity index (χ3v) is 5.31. The van der Waals surface area contributed by atoms with Gasteiger partial charge in [0.15, 0.2) is 5.16 Å². The predicted octanol–water partition coefficient (Wildman–Crippen LogP) is 3.57. The van der Waals surface area contributed by atoms with Gasteiger partial charge in [0, 0.05) is 16.6 Å². The summed E-state index contributed by atoms with van der Waals surface area (Å²) in [6.07, 6.45) is 0. The summed E-state index contributed by atoms with van der Waals surface area (Å²) in [6, 6.07) is 11.3. The number of thioether (sulfide) groups is 1. The highest BCUT2D eigenvalue weighted by Gasteiger charge is 2.18. The van der Waals surface area contributed by atoms with E-state index in [0.29, 0.717) is 11.0 Å². The molecule has 1 aromatic carbocycles. The first-order chi connectivity index (χ1) is 12.5. The van der Waals surface area contributed by atoms with Crippen LogP contribution >= 0.6 is 23.1 Å². The van der Waals surface area contributed by atoms with Gasteiger partial charge in [-0.05, 0) is 36.1 Å². The van der Waals surface area contributed by atoms with Gasteiger partial charge in [0.25, 0.3) is 0 Å². The summed E-state index contributed by atoms with van der Waals surface area (Å²) in [4.78, 5) is 21.8. The van der Waals surface area contributed by atoms with E-state index < -0.39 is 0 Å². The highest BCUT2D eigenvalue weighted by molar-refractivity contribution is 7.99. The Balaban J connectivity index is 1.70. The number of nitrogen functional groups attached to an aromatic ring is 1. The first kappa shape index (κ1) is 18.3. The van der Waals surface area contributed by atoms with E-state index in [4.69, 9.17) is 5.73 Å². The monoisotopic (exact) mass is 388 g/mol. The SMILES string of the molecule is Cc1cc(N)nc(SCC(=O)N[C@@H](c2ccc(F)cc2)c2cccs2)n1. The normalized spacial score (nSPS) is 11.9. The average Bonchev–Trinajstić information content (AvgIpc) is 3.12. The number of anilines is 1. The van der Waals surface area contributed by atoms with Crippen molar-refractivity contribution in [1.82, 2.24) is 15.3 Å². The minimum Gasteiger partial charge on any atom is -0.384 e. The molecular formula is C18H17FN4OS2. The van der Waals surface area contributed by atoms with Crippen LogP contribution in [0.2, 0.25) is 0 Å². The number of benzene rings is 1. The van der Waals surface area contributed by atoms with Crippen LogP contribution in [0.4, 0.5) is 10.2 Å². The maximum atomic E-state index is 13.2. The largest absolute Gasteiger partial charge is 0.384 e. The zero-order valence-corrected chi connectivity index (χ0v) is 15.6. The number of thiophene rings is 1. The molecule has 26 heavy (non-hydrogen) atoms. The van der Waals surface area contributed by atoms with E-state index in [0.717, 1.165) is 16.1 Å². The highest BCUT2D eigenvalue weighted by atomic mass is 32.2. The van der Waals surface area contributed by atoms with Crippen molar-refractivity contribution >= 4 is 34.8 Å². The van der Waals surface area contributed by atoms with Crippen LogP contribution in [0.25, 0.3) is 0 Å². The molecule has 0 spiro atoms. The Labute approximate surface area is 158 Å². The first-order valence-electron chi connectivity index (χ1n) is 7.83. The maximum absolute atomic E-state index is 13.2. The van der Waals surface area contributed by atoms with Crippen LogP contribution in [0.5, 0.6) is 0 Å². The molecule has 0 saturated carbocycles. The van der Waals surface area contributed by atoms with Gasteiger partial charge in [-0.2, -0.15) is 0 Å². The van der Waals surface area contributed by atoms with Gasteiger partial charge in [-0.25, -0.2) is 14.4 Å². The van der Waals surface area contributed by atoms with Crippen LogP contribution in [0.3, 0.4) is 0 Å². The first-order valence-corrected chi connectivity index (χ1v) is 9.70. The van der Waals surface area contributed by atoms with Crippen LogP contribution < -0.4 is 11.1 Å². The van der Waals surface area contributed by atoms with Crippen molar-refractivity contribution in [3.05, 3.63) is 69.8 Å². The number of hydrogen-bond acceptors (Lipinski definition) is 6. The molecule has 2 heterocycles. The number of carbonyl (C=O) groups excluding carboxylic acids is 1. The number of nitrogens with two attached hydrogens (primary N) is 1. The van der Waals surface area contributed by atoms with Crippen molar-refractivity contribution in [1.29, 1.82) is 0 Å². The van der Waals surface area contributed by atoms with E-state index in [2.05, 4.69) is 15.3 Å². The molecule has 5 nitrogen and oxygen atoms in total. The molecular weight excluding hydrogens is 371 g/mol. The summed E-state index contributed by atoms with van der Waals surface area (Å²) in [6.45, 7) is 1.82. The standard InChI is InChI=1S/C18H17FN4OS2/c1-11-9-15(20)22-18(21-11)26-10-16(24)23-17(14-3-2-8-25-14)12-4-6-13(19)7-5-12/h2-9,17H,10H2,1H3,(H,23,24)(H2,20,21,22)/t17-/m0/s1. The van der Waals surface area contributed by atoms with Gasteiger partial charge in [-0.1, -0.05) is 30.0 Å². The Hall–Kier alpha value is -2.45. The van der Waals surface area contributed by atoms with Gasteiger partial charge in [0.05, 0.1) is 11.8 Å². The molecule has 0 aliphatic rings. The number of carbonyl (C=O) groups is 1.